The van der Waals surface area contributed by atoms with Crippen molar-refractivity contribution in [2.45, 2.75) is 0 Å². The molecule has 1 unspecified atom stereocenters. The Bertz CT molecular complexity index is 47.3. The number of aliphatic hydroxyl groups is 1. The summed E-state index contributed by atoms with van der Waals surface area (Å²) in [6.07, 6.45) is 0. The Balaban J connectivity index is 2.92. The molecule has 3 N–H and O–H groups in total. The van der Waals surface area contributed by atoms with E-state index in [0.717, 1.165) is 0 Å². The molecule has 0 rings (SSSR count). The van der Waals surface area contributed by atoms with Crippen molar-refractivity contribution >= 4 is 11.2 Å². The van der Waals surface area contributed by atoms with Crippen LogP contribution in [0.3, 0.4) is 0 Å². The summed E-state index contributed by atoms with van der Waals surface area (Å²) in [5.41, 5.74) is 5.09. The van der Waals surface area contributed by atoms with Gasteiger partial charge in [0.25, 0.3) is 0 Å². The van der Waals surface area contributed by atoms with E-state index in [9.17, 15) is 4.55 Å². The summed E-state index contributed by atoms with van der Waals surface area (Å²) in [5.74, 6) is 0.859. The van der Waals surface area contributed by atoms with E-state index in [4.69, 9.17) is 10.8 Å². The first-order valence-electron chi connectivity index (χ1n) is 2.47. The van der Waals surface area contributed by atoms with Gasteiger partial charge in [0.1, 0.15) is 11.5 Å². The standard InChI is InChI=1S/C4H11NO2S/c5-1-3-8(7)4-2-6/h6H,1-5H2. The van der Waals surface area contributed by atoms with Gasteiger partial charge in [0.05, 0.1) is 6.61 Å². The maximum Gasteiger partial charge on any atom is 0.128 e. The summed E-state index contributed by atoms with van der Waals surface area (Å²) >= 11 is -0.895. The molecular formula is C4H11NO2S. The van der Waals surface area contributed by atoms with Crippen LogP contribution in [0.15, 0.2) is 0 Å². The predicted molar refractivity (Wildman–Crippen MR) is 34.0 cm³/mol. The number of rotatable bonds is 4. The fraction of sp³-hybridized carbons (Fsp3) is 1.00. The molecule has 0 bridgehead atoms. The third kappa shape index (κ3) is 4.39. The molecule has 0 aliphatic rings. The van der Waals surface area contributed by atoms with Crippen LogP contribution in [0.2, 0.25) is 0 Å². The minimum absolute atomic E-state index is 0.00733. The third-order valence-corrected chi connectivity index (χ3v) is 1.99. The van der Waals surface area contributed by atoms with E-state index in [0.29, 0.717) is 18.1 Å². The van der Waals surface area contributed by atoms with Crippen molar-refractivity contribution in [2.75, 3.05) is 24.7 Å². The highest BCUT2D eigenvalue weighted by atomic mass is 32.2. The molecule has 3 nitrogen and oxygen atoms in total. The van der Waals surface area contributed by atoms with Gasteiger partial charge in [0.2, 0.25) is 0 Å². The Kier molecular flexibility index (Phi) is 5.52. The van der Waals surface area contributed by atoms with Gasteiger partial charge in [0, 0.05) is 6.54 Å². The van der Waals surface area contributed by atoms with E-state index in [1.807, 2.05) is 0 Å². The number of aliphatic hydroxyl groups excluding tert-OH is 1. The van der Waals surface area contributed by atoms with Crippen molar-refractivity contribution in [1.82, 2.24) is 0 Å². The van der Waals surface area contributed by atoms with E-state index in [2.05, 4.69) is 0 Å². The van der Waals surface area contributed by atoms with Crippen LogP contribution < -0.4 is 5.73 Å². The fourth-order valence-corrected chi connectivity index (χ4v) is 1.01. The van der Waals surface area contributed by atoms with E-state index in [1.54, 1.807) is 0 Å². The minimum atomic E-state index is -0.895. The first-order valence-corrected chi connectivity index (χ1v) is 3.96. The fourth-order valence-electron chi connectivity index (χ4n) is 0.335. The first kappa shape index (κ1) is 8.23. The van der Waals surface area contributed by atoms with Gasteiger partial charge in [-0.05, 0) is 0 Å². The van der Waals surface area contributed by atoms with Gasteiger partial charge in [-0.15, -0.1) is 0 Å². The van der Waals surface area contributed by atoms with Crippen LogP contribution in [-0.4, -0.2) is 34.3 Å². The zero-order valence-corrected chi connectivity index (χ0v) is 5.49. The smallest absolute Gasteiger partial charge is 0.128 e. The monoisotopic (exact) mass is 137 g/mol. The molecule has 0 saturated heterocycles. The Morgan fingerprint density at radius 3 is 2.50 bits per heavy atom. The molecule has 0 aromatic heterocycles. The van der Waals surface area contributed by atoms with Gasteiger partial charge < -0.3 is 15.4 Å². The lowest BCUT2D eigenvalue weighted by atomic mass is 10.8. The summed E-state index contributed by atoms with van der Waals surface area (Å²) in [6, 6.07) is 0. The first-order chi connectivity index (χ1) is 3.81. The van der Waals surface area contributed by atoms with E-state index < -0.39 is 11.2 Å². The maximum atomic E-state index is 10.5. The maximum absolute atomic E-state index is 10.5. The van der Waals surface area contributed by atoms with Crippen LogP contribution in [0.5, 0.6) is 0 Å². The summed E-state index contributed by atoms with van der Waals surface area (Å²) in [4.78, 5) is 0. The van der Waals surface area contributed by atoms with Crippen molar-refractivity contribution in [3.8, 4) is 0 Å². The summed E-state index contributed by atoms with van der Waals surface area (Å²) in [7, 11) is 0. The van der Waals surface area contributed by atoms with Crippen LogP contribution in [0.25, 0.3) is 0 Å². The summed E-state index contributed by atoms with van der Waals surface area (Å²) in [6.45, 7) is 0.430. The van der Waals surface area contributed by atoms with Crippen molar-refractivity contribution in [3.63, 3.8) is 0 Å². The molecule has 0 radical (unpaired) electrons. The molecule has 0 aromatic rings. The van der Waals surface area contributed by atoms with Gasteiger partial charge in [-0.3, -0.25) is 0 Å². The number of hydrogen-bond acceptors (Lipinski definition) is 3. The highest BCUT2D eigenvalue weighted by Crippen LogP contribution is 1.85. The second-order valence-electron chi connectivity index (χ2n) is 1.36. The van der Waals surface area contributed by atoms with Gasteiger partial charge in [-0.25, -0.2) is 0 Å². The van der Waals surface area contributed by atoms with E-state index >= 15 is 0 Å². The lowest BCUT2D eigenvalue weighted by Gasteiger charge is -2.06. The Morgan fingerprint density at radius 2 is 2.12 bits per heavy atom. The lowest BCUT2D eigenvalue weighted by Crippen LogP contribution is -2.20. The van der Waals surface area contributed by atoms with Crippen LogP contribution in [0.1, 0.15) is 0 Å². The van der Waals surface area contributed by atoms with Gasteiger partial charge in [-0.1, -0.05) is 11.2 Å². The molecule has 0 spiro atoms. The Hall–Kier alpha value is 0.230. The molecule has 50 valence electrons. The molecule has 0 amide bonds. The number of hydrogen-bond donors (Lipinski definition) is 2. The van der Waals surface area contributed by atoms with Crippen molar-refractivity contribution < 1.29 is 9.66 Å². The van der Waals surface area contributed by atoms with Crippen LogP contribution in [0.4, 0.5) is 0 Å². The molecule has 0 aliphatic carbocycles. The van der Waals surface area contributed by atoms with Crippen molar-refractivity contribution in [2.24, 2.45) is 5.73 Å². The minimum Gasteiger partial charge on any atom is -0.616 e. The quantitative estimate of drug-likeness (QED) is 0.472. The molecule has 8 heavy (non-hydrogen) atoms. The van der Waals surface area contributed by atoms with Gasteiger partial charge >= 0.3 is 0 Å². The molecular weight excluding hydrogens is 126 g/mol. The normalized spacial score (nSPS) is 13.9. The largest absolute Gasteiger partial charge is 0.616 e. The molecule has 0 aliphatic heterocycles. The van der Waals surface area contributed by atoms with E-state index in [-0.39, 0.29) is 6.61 Å². The lowest BCUT2D eigenvalue weighted by molar-refractivity contribution is 0.319. The molecule has 0 aromatic carbocycles. The Labute approximate surface area is 52.1 Å². The highest BCUT2D eigenvalue weighted by Gasteiger charge is 2.00. The van der Waals surface area contributed by atoms with Gasteiger partial charge in [-0.2, -0.15) is 0 Å². The molecule has 0 saturated carbocycles. The average Bonchev–Trinajstić information content (AvgIpc) is 1.68. The second-order valence-corrected chi connectivity index (χ2v) is 3.06. The molecule has 4 heteroatoms. The SMILES string of the molecule is NCC[S+]([O-])CCO. The second kappa shape index (κ2) is 5.37. The molecule has 0 heterocycles. The van der Waals surface area contributed by atoms with E-state index in [1.165, 1.54) is 0 Å². The predicted octanol–water partition coefficient (Wildman–Crippen LogP) is -1.31. The summed E-state index contributed by atoms with van der Waals surface area (Å²) < 4.78 is 10.5. The third-order valence-electron chi connectivity index (χ3n) is 0.664. The Morgan fingerprint density at radius 1 is 1.50 bits per heavy atom. The van der Waals surface area contributed by atoms with Crippen LogP contribution in [-0.2, 0) is 11.2 Å². The van der Waals surface area contributed by atoms with Crippen LogP contribution in [0, 0.1) is 0 Å². The highest BCUT2D eigenvalue weighted by molar-refractivity contribution is 7.91. The molecule has 1 atom stereocenters. The van der Waals surface area contributed by atoms with Crippen LogP contribution >= 0.6 is 0 Å². The zero-order chi connectivity index (χ0) is 6.41. The number of nitrogens with two attached hydrogens (primary N) is 1. The summed E-state index contributed by atoms with van der Waals surface area (Å²) in [5, 5.41) is 8.23. The topological polar surface area (TPSA) is 69.3 Å². The van der Waals surface area contributed by atoms with Crippen molar-refractivity contribution in [3.05, 3.63) is 0 Å². The van der Waals surface area contributed by atoms with Gasteiger partial charge in [0.15, 0.2) is 0 Å². The molecule has 0 fully saturated rings. The average molecular weight is 137 g/mol. The van der Waals surface area contributed by atoms with Crippen molar-refractivity contribution in [1.29, 1.82) is 0 Å². The zero-order valence-electron chi connectivity index (χ0n) is 4.67.